The Balaban J connectivity index is 1.88. The summed E-state index contributed by atoms with van der Waals surface area (Å²) in [7, 11) is 0. The molecule has 3 rings (SSSR count). The zero-order valence-corrected chi connectivity index (χ0v) is 14.9. The van der Waals surface area contributed by atoms with Gasteiger partial charge in [0, 0.05) is 17.6 Å². The van der Waals surface area contributed by atoms with Crippen LogP contribution in [0.1, 0.15) is 29.4 Å². The summed E-state index contributed by atoms with van der Waals surface area (Å²) in [5.74, 6) is -1.45. The van der Waals surface area contributed by atoms with Crippen molar-refractivity contribution in [1.82, 2.24) is 14.7 Å². The minimum atomic E-state index is -0.841. The van der Waals surface area contributed by atoms with E-state index in [1.165, 1.54) is 0 Å². The first-order valence-corrected chi connectivity index (χ1v) is 8.65. The molecule has 1 fully saturated rings. The summed E-state index contributed by atoms with van der Waals surface area (Å²) in [5, 5.41) is 13.5. The van der Waals surface area contributed by atoms with Crippen LogP contribution in [0, 0.1) is 5.92 Å². The SMILES string of the molecule is CCc1c(C(=O)N2CC[C@H](C(=O)O)C2)cnn1-c1ccc(Br)cc1. The van der Waals surface area contributed by atoms with Gasteiger partial charge < -0.3 is 10.0 Å². The van der Waals surface area contributed by atoms with Crippen LogP contribution < -0.4 is 0 Å². The van der Waals surface area contributed by atoms with Crippen LogP contribution in [0.3, 0.4) is 0 Å². The minimum Gasteiger partial charge on any atom is -0.481 e. The molecule has 1 saturated heterocycles. The molecule has 1 aliphatic rings. The molecular formula is C17H18BrN3O3. The Morgan fingerprint density at radius 1 is 1.33 bits per heavy atom. The number of carboxylic acid groups (broad SMARTS) is 1. The zero-order valence-electron chi connectivity index (χ0n) is 13.3. The van der Waals surface area contributed by atoms with Gasteiger partial charge in [-0.1, -0.05) is 22.9 Å². The average molecular weight is 392 g/mol. The monoisotopic (exact) mass is 391 g/mol. The lowest BCUT2D eigenvalue weighted by atomic mass is 10.1. The largest absolute Gasteiger partial charge is 0.481 e. The molecule has 0 unspecified atom stereocenters. The highest BCUT2D eigenvalue weighted by atomic mass is 79.9. The Hall–Kier alpha value is -2.15. The molecule has 1 amide bonds. The number of amides is 1. The predicted octanol–water partition coefficient (Wildman–Crippen LogP) is 2.74. The topological polar surface area (TPSA) is 75.4 Å². The number of aliphatic carboxylic acids is 1. The van der Waals surface area contributed by atoms with Crippen molar-refractivity contribution in [3.8, 4) is 5.69 Å². The molecule has 1 aromatic heterocycles. The van der Waals surface area contributed by atoms with Gasteiger partial charge in [-0.2, -0.15) is 5.10 Å². The number of carbonyl (C=O) groups excluding carboxylic acids is 1. The van der Waals surface area contributed by atoms with Gasteiger partial charge in [-0.25, -0.2) is 4.68 Å². The van der Waals surface area contributed by atoms with Gasteiger partial charge in [0.1, 0.15) is 0 Å². The average Bonchev–Trinajstić information content (AvgIpc) is 3.22. The molecule has 126 valence electrons. The fourth-order valence-electron chi connectivity index (χ4n) is 3.01. The minimum absolute atomic E-state index is 0.140. The Bertz CT molecular complexity index is 770. The molecule has 0 aliphatic carbocycles. The molecule has 0 bridgehead atoms. The lowest BCUT2D eigenvalue weighted by Gasteiger charge is -2.16. The molecule has 7 heteroatoms. The van der Waals surface area contributed by atoms with Gasteiger partial charge in [-0.15, -0.1) is 0 Å². The fraction of sp³-hybridized carbons (Fsp3) is 0.353. The number of benzene rings is 1. The first kappa shape index (κ1) is 16.7. The summed E-state index contributed by atoms with van der Waals surface area (Å²) in [6.07, 6.45) is 2.74. The van der Waals surface area contributed by atoms with Crippen LogP contribution in [-0.4, -0.2) is 44.8 Å². The first-order chi connectivity index (χ1) is 11.5. The number of carbonyl (C=O) groups is 2. The van der Waals surface area contributed by atoms with E-state index in [9.17, 15) is 9.59 Å². The molecule has 0 saturated carbocycles. The van der Waals surface area contributed by atoms with E-state index in [1.807, 2.05) is 31.2 Å². The summed E-state index contributed by atoms with van der Waals surface area (Å²) >= 11 is 3.41. The van der Waals surface area contributed by atoms with E-state index in [0.717, 1.165) is 15.9 Å². The van der Waals surface area contributed by atoms with Gasteiger partial charge in [0.15, 0.2) is 0 Å². The van der Waals surface area contributed by atoms with Crippen molar-refractivity contribution in [3.63, 3.8) is 0 Å². The second kappa shape index (κ2) is 6.76. The normalized spacial score (nSPS) is 17.2. The number of rotatable bonds is 4. The van der Waals surface area contributed by atoms with Crippen LogP contribution in [0.15, 0.2) is 34.9 Å². The van der Waals surface area contributed by atoms with Crippen molar-refractivity contribution in [2.75, 3.05) is 13.1 Å². The highest BCUT2D eigenvalue weighted by molar-refractivity contribution is 9.10. The number of hydrogen-bond donors (Lipinski definition) is 1. The highest BCUT2D eigenvalue weighted by Gasteiger charge is 2.32. The zero-order chi connectivity index (χ0) is 17.3. The van der Waals surface area contributed by atoms with E-state index >= 15 is 0 Å². The van der Waals surface area contributed by atoms with E-state index in [4.69, 9.17) is 5.11 Å². The Labute approximate surface area is 148 Å². The van der Waals surface area contributed by atoms with Crippen LogP contribution in [0.2, 0.25) is 0 Å². The molecule has 1 atom stereocenters. The number of carboxylic acids is 1. The van der Waals surface area contributed by atoms with Crippen LogP contribution in [-0.2, 0) is 11.2 Å². The van der Waals surface area contributed by atoms with Gasteiger partial charge in [0.05, 0.1) is 29.1 Å². The van der Waals surface area contributed by atoms with Gasteiger partial charge in [-0.3, -0.25) is 9.59 Å². The molecule has 2 heterocycles. The van der Waals surface area contributed by atoms with E-state index in [0.29, 0.717) is 24.9 Å². The van der Waals surface area contributed by atoms with Crippen molar-refractivity contribution in [3.05, 3.63) is 46.2 Å². The number of hydrogen-bond acceptors (Lipinski definition) is 3. The summed E-state index contributed by atoms with van der Waals surface area (Å²) in [6, 6.07) is 7.72. The lowest BCUT2D eigenvalue weighted by Crippen LogP contribution is -2.30. The van der Waals surface area contributed by atoms with Crippen LogP contribution in [0.25, 0.3) is 5.69 Å². The summed E-state index contributed by atoms with van der Waals surface area (Å²) in [5.41, 5.74) is 2.27. The maximum absolute atomic E-state index is 12.8. The van der Waals surface area contributed by atoms with Crippen molar-refractivity contribution in [2.45, 2.75) is 19.8 Å². The fourth-order valence-corrected chi connectivity index (χ4v) is 3.28. The molecule has 2 aromatic rings. The van der Waals surface area contributed by atoms with E-state index in [1.54, 1.807) is 15.8 Å². The third-order valence-electron chi connectivity index (χ3n) is 4.33. The van der Waals surface area contributed by atoms with Gasteiger partial charge >= 0.3 is 5.97 Å². The molecule has 0 spiro atoms. The smallest absolute Gasteiger partial charge is 0.308 e. The highest BCUT2D eigenvalue weighted by Crippen LogP contribution is 2.23. The standard InChI is InChI=1S/C17H18BrN3O3/c1-2-15-14(16(22)20-8-7-11(10-20)17(23)24)9-19-21(15)13-5-3-12(18)4-6-13/h3-6,9,11H,2,7-8,10H2,1H3,(H,23,24)/t11-/m0/s1. The second-order valence-corrected chi connectivity index (χ2v) is 6.74. The van der Waals surface area contributed by atoms with E-state index in [-0.39, 0.29) is 12.5 Å². The Morgan fingerprint density at radius 3 is 2.62 bits per heavy atom. The summed E-state index contributed by atoms with van der Waals surface area (Å²) in [4.78, 5) is 25.5. The van der Waals surface area contributed by atoms with Gasteiger partial charge in [0.2, 0.25) is 0 Å². The molecule has 1 aromatic carbocycles. The quantitative estimate of drug-likeness (QED) is 0.868. The Morgan fingerprint density at radius 2 is 2.04 bits per heavy atom. The van der Waals surface area contributed by atoms with Crippen LogP contribution >= 0.6 is 15.9 Å². The molecule has 24 heavy (non-hydrogen) atoms. The lowest BCUT2D eigenvalue weighted by molar-refractivity contribution is -0.141. The second-order valence-electron chi connectivity index (χ2n) is 5.82. The van der Waals surface area contributed by atoms with Crippen molar-refractivity contribution < 1.29 is 14.7 Å². The van der Waals surface area contributed by atoms with Crippen molar-refractivity contribution in [1.29, 1.82) is 0 Å². The van der Waals surface area contributed by atoms with E-state index < -0.39 is 11.9 Å². The molecular weight excluding hydrogens is 374 g/mol. The first-order valence-electron chi connectivity index (χ1n) is 7.86. The maximum atomic E-state index is 12.8. The van der Waals surface area contributed by atoms with Gasteiger partial charge in [0.25, 0.3) is 5.91 Å². The molecule has 1 N–H and O–H groups in total. The predicted molar refractivity (Wildman–Crippen MR) is 92.3 cm³/mol. The summed E-state index contributed by atoms with van der Waals surface area (Å²) in [6.45, 7) is 2.72. The molecule has 0 radical (unpaired) electrons. The Kier molecular flexibility index (Phi) is 4.71. The van der Waals surface area contributed by atoms with Crippen molar-refractivity contribution >= 4 is 27.8 Å². The third-order valence-corrected chi connectivity index (χ3v) is 4.86. The molecule has 6 nitrogen and oxygen atoms in total. The van der Waals surface area contributed by atoms with Gasteiger partial charge in [-0.05, 0) is 37.1 Å². The third kappa shape index (κ3) is 3.08. The van der Waals surface area contributed by atoms with Crippen molar-refractivity contribution in [2.24, 2.45) is 5.92 Å². The molecule has 1 aliphatic heterocycles. The van der Waals surface area contributed by atoms with Crippen LogP contribution in [0.5, 0.6) is 0 Å². The number of halogens is 1. The number of nitrogens with zero attached hydrogens (tertiary/aromatic N) is 3. The number of likely N-dealkylation sites (tertiary alicyclic amines) is 1. The van der Waals surface area contributed by atoms with E-state index in [2.05, 4.69) is 21.0 Å². The maximum Gasteiger partial charge on any atom is 0.308 e. The van der Waals surface area contributed by atoms with Crippen LogP contribution in [0.4, 0.5) is 0 Å². The summed E-state index contributed by atoms with van der Waals surface area (Å²) < 4.78 is 2.74. The number of aromatic nitrogens is 2.